The molecule has 0 saturated heterocycles. The van der Waals surface area contributed by atoms with Gasteiger partial charge in [-0.3, -0.25) is 9.59 Å². The van der Waals surface area contributed by atoms with Crippen molar-refractivity contribution in [2.45, 2.75) is 36.8 Å². The lowest BCUT2D eigenvalue weighted by atomic mass is 10.2. The molecule has 8 heteroatoms. The van der Waals surface area contributed by atoms with Gasteiger partial charge in [-0.1, -0.05) is 29.4 Å². The zero-order valence-electron chi connectivity index (χ0n) is 13.6. The number of benzene rings is 1. The summed E-state index contributed by atoms with van der Waals surface area (Å²) >= 11 is 8.81. The van der Waals surface area contributed by atoms with Crippen molar-refractivity contribution in [2.75, 3.05) is 5.32 Å². The molecule has 3 N–H and O–H groups in total. The van der Waals surface area contributed by atoms with Gasteiger partial charge in [0.2, 0.25) is 11.8 Å². The largest absolute Gasteiger partial charge is 0.369 e. The van der Waals surface area contributed by atoms with Crippen LogP contribution in [0.1, 0.15) is 23.1 Å². The number of hydrogen-bond donors (Lipinski definition) is 2. The molecule has 1 atom stereocenters. The van der Waals surface area contributed by atoms with E-state index in [2.05, 4.69) is 10.3 Å². The van der Waals surface area contributed by atoms with Crippen LogP contribution in [0.3, 0.4) is 0 Å². The number of hydrogen-bond acceptors (Lipinski definition) is 5. The molecule has 0 radical (unpaired) electrons. The predicted molar refractivity (Wildman–Crippen MR) is 99.9 cm³/mol. The number of aromatic nitrogens is 1. The number of nitrogens with two attached hydrogens (primary N) is 1. The third kappa shape index (κ3) is 4.72. The van der Waals surface area contributed by atoms with E-state index >= 15 is 0 Å². The Morgan fingerprint density at radius 2 is 2.12 bits per heavy atom. The summed E-state index contributed by atoms with van der Waals surface area (Å²) in [6, 6.07) is 5.39. The fourth-order valence-corrected chi connectivity index (χ4v) is 4.52. The molecule has 0 saturated carbocycles. The molecule has 0 aliphatic carbocycles. The van der Waals surface area contributed by atoms with E-state index in [-0.39, 0.29) is 23.5 Å². The second-order valence-electron chi connectivity index (χ2n) is 5.29. The van der Waals surface area contributed by atoms with Gasteiger partial charge in [-0.2, -0.15) is 0 Å². The minimum Gasteiger partial charge on any atom is -0.369 e. The first-order valence-electron chi connectivity index (χ1n) is 7.25. The van der Waals surface area contributed by atoms with Crippen molar-refractivity contribution in [1.82, 2.24) is 4.98 Å². The Hall–Kier alpha value is -1.57. The molecule has 0 spiro atoms. The first-order valence-corrected chi connectivity index (χ1v) is 9.32. The molecule has 2 amide bonds. The van der Waals surface area contributed by atoms with Gasteiger partial charge in [0, 0.05) is 15.6 Å². The van der Waals surface area contributed by atoms with E-state index in [0.29, 0.717) is 10.7 Å². The molecule has 2 rings (SSSR count). The van der Waals surface area contributed by atoms with E-state index in [1.165, 1.54) is 23.1 Å². The number of anilines is 1. The molecule has 24 heavy (non-hydrogen) atoms. The van der Waals surface area contributed by atoms with Crippen molar-refractivity contribution in [2.24, 2.45) is 5.73 Å². The summed E-state index contributed by atoms with van der Waals surface area (Å²) in [5.41, 5.74) is 7.53. The number of carbonyl (C=O) groups is 2. The number of primary amides is 1. The van der Waals surface area contributed by atoms with Crippen LogP contribution in [-0.4, -0.2) is 22.0 Å². The number of nitrogens with zero attached hydrogens (tertiary/aromatic N) is 1. The van der Waals surface area contributed by atoms with Crippen LogP contribution in [0.4, 0.5) is 5.69 Å². The topological polar surface area (TPSA) is 85.1 Å². The van der Waals surface area contributed by atoms with Crippen LogP contribution in [0.2, 0.25) is 5.02 Å². The lowest BCUT2D eigenvalue weighted by Gasteiger charge is -2.13. The highest BCUT2D eigenvalue weighted by molar-refractivity contribution is 8.02. The molecule has 5 nitrogen and oxygen atoms in total. The molecular formula is C16H18ClN3O2S2. The van der Waals surface area contributed by atoms with Crippen LogP contribution in [0, 0.1) is 13.8 Å². The fraction of sp³-hybridized carbons (Fsp3) is 0.312. The molecule has 2 aromatic rings. The van der Waals surface area contributed by atoms with Crippen molar-refractivity contribution in [3.63, 3.8) is 0 Å². The van der Waals surface area contributed by atoms with Gasteiger partial charge in [0.15, 0.2) is 4.34 Å². The predicted octanol–water partition coefficient (Wildman–Crippen LogP) is 3.56. The third-order valence-corrected chi connectivity index (χ3v) is 6.14. The summed E-state index contributed by atoms with van der Waals surface area (Å²) in [6.45, 7) is 5.50. The Bertz CT molecular complexity index is 777. The van der Waals surface area contributed by atoms with Gasteiger partial charge in [0.1, 0.15) is 0 Å². The maximum absolute atomic E-state index is 12.4. The van der Waals surface area contributed by atoms with Crippen LogP contribution >= 0.6 is 34.7 Å². The number of thioether (sulfide) groups is 1. The van der Waals surface area contributed by atoms with Crippen molar-refractivity contribution in [3.05, 3.63) is 39.4 Å². The molecule has 0 fully saturated rings. The van der Waals surface area contributed by atoms with Gasteiger partial charge < -0.3 is 11.1 Å². The molecule has 128 valence electrons. The van der Waals surface area contributed by atoms with E-state index < -0.39 is 0 Å². The van der Waals surface area contributed by atoms with Crippen LogP contribution in [0.5, 0.6) is 0 Å². The number of halogens is 1. The Balaban J connectivity index is 2.04. The SMILES string of the molecule is Cc1nc(SC(C)C(=O)Nc2cccc(Cl)c2C)sc1CC(N)=O. The fourth-order valence-electron chi connectivity index (χ4n) is 1.96. The first-order chi connectivity index (χ1) is 11.3. The van der Waals surface area contributed by atoms with Crippen molar-refractivity contribution < 1.29 is 9.59 Å². The number of nitrogens with one attached hydrogen (secondary N) is 1. The maximum Gasteiger partial charge on any atom is 0.237 e. The minimum absolute atomic E-state index is 0.130. The van der Waals surface area contributed by atoms with Crippen molar-refractivity contribution in [3.8, 4) is 0 Å². The monoisotopic (exact) mass is 383 g/mol. The van der Waals surface area contributed by atoms with E-state index in [9.17, 15) is 9.59 Å². The Kier molecular flexibility index (Phi) is 6.26. The number of carbonyl (C=O) groups excluding carboxylic acids is 2. The van der Waals surface area contributed by atoms with Crippen LogP contribution < -0.4 is 11.1 Å². The molecule has 1 unspecified atom stereocenters. The average Bonchev–Trinajstić information content (AvgIpc) is 2.82. The summed E-state index contributed by atoms with van der Waals surface area (Å²) in [4.78, 5) is 28.7. The Morgan fingerprint density at radius 3 is 2.79 bits per heavy atom. The number of amides is 2. The second kappa shape index (κ2) is 8.00. The Morgan fingerprint density at radius 1 is 1.42 bits per heavy atom. The highest BCUT2D eigenvalue weighted by Gasteiger charge is 2.19. The van der Waals surface area contributed by atoms with Gasteiger partial charge in [0.25, 0.3) is 0 Å². The molecule has 1 aromatic heterocycles. The number of thiazole rings is 1. The zero-order chi connectivity index (χ0) is 17.9. The van der Waals surface area contributed by atoms with Crippen LogP contribution in [0.15, 0.2) is 22.5 Å². The first kappa shape index (κ1) is 18.8. The van der Waals surface area contributed by atoms with Crippen LogP contribution in [0.25, 0.3) is 0 Å². The molecule has 0 aliphatic heterocycles. The molecule has 0 aliphatic rings. The minimum atomic E-state index is -0.388. The maximum atomic E-state index is 12.4. The van der Waals surface area contributed by atoms with Gasteiger partial charge in [-0.15, -0.1) is 11.3 Å². The molecule has 1 aromatic carbocycles. The average molecular weight is 384 g/mol. The number of rotatable bonds is 6. The van der Waals surface area contributed by atoms with E-state index in [1.807, 2.05) is 26.8 Å². The third-order valence-electron chi connectivity index (χ3n) is 3.38. The molecular weight excluding hydrogens is 366 g/mol. The summed E-state index contributed by atoms with van der Waals surface area (Å²) in [5, 5.41) is 3.16. The van der Waals surface area contributed by atoms with Gasteiger partial charge >= 0.3 is 0 Å². The lowest BCUT2D eigenvalue weighted by molar-refractivity contribution is -0.117. The van der Waals surface area contributed by atoms with Gasteiger partial charge in [0.05, 0.1) is 17.4 Å². The lowest BCUT2D eigenvalue weighted by Crippen LogP contribution is -2.22. The summed E-state index contributed by atoms with van der Waals surface area (Å²) < 4.78 is 0.745. The van der Waals surface area contributed by atoms with Crippen LogP contribution in [-0.2, 0) is 16.0 Å². The smallest absolute Gasteiger partial charge is 0.237 e. The summed E-state index contributed by atoms with van der Waals surface area (Å²) in [6.07, 6.45) is 0.173. The summed E-state index contributed by atoms with van der Waals surface area (Å²) in [5.74, 6) is -0.518. The van der Waals surface area contributed by atoms with E-state index in [0.717, 1.165) is 20.5 Å². The quantitative estimate of drug-likeness (QED) is 0.747. The number of aryl methyl sites for hydroxylation is 1. The van der Waals surface area contributed by atoms with E-state index in [4.69, 9.17) is 17.3 Å². The normalized spacial score (nSPS) is 12.0. The second-order valence-corrected chi connectivity index (χ2v) is 8.37. The van der Waals surface area contributed by atoms with Gasteiger partial charge in [-0.05, 0) is 38.5 Å². The summed E-state index contributed by atoms with van der Waals surface area (Å²) in [7, 11) is 0. The highest BCUT2D eigenvalue weighted by atomic mass is 35.5. The van der Waals surface area contributed by atoms with Crippen molar-refractivity contribution in [1.29, 1.82) is 0 Å². The van der Waals surface area contributed by atoms with Gasteiger partial charge in [-0.25, -0.2) is 4.98 Å². The molecule has 0 bridgehead atoms. The Labute approximate surface area is 154 Å². The molecule has 1 heterocycles. The zero-order valence-corrected chi connectivity index (χ0v) is 15.9. The highest BCUT2D eigenvalue weighted by Crippen LogP contribution is 2.31. The standard InChI is InChI=1S/C16H18ClN3O2S2/c1-8-11(17)5-4-6-12(8)20-15(22)10(3)23-16-19-9(2)13(24-16)7-14(18)21/h4-6,10H,7H2,1-3H3,(H2,18,21)(H,20,22). The van der Waals surface area contributed by atoms with E-state index in [1.54, 1.807) is 12.1 Å². The van der Waals surface area contributed by atoms with Crippen molar-refractivity contribution >= 4 is 52.2 Å².